The van der Waals surface area contributed by atoms with Crippen LogP contribution in [0.1, 0.15) is 15.9 Å². The van der Waals surface area contributed by atoms with E-state index in [9.17, 15) is 4.79 Å². The van der Waals surface area contributed by atoms with Gasteiger partial charge in [0.25, 0.3) is 0 Å². The lowest BCUT2D eigenvalue weighted by Crippen LogP contribution is -2.02. The third-order valence-electron chi connectivity index (χ3n) is 2.19. The number of halogens is 2. The van der Waals surface area contributed by atoms with Gasteiger partial charge in [0.2, 0.25) is 0 Å². The Morgan fingerprint density at radius 3 is 2.50 bits per heavy atom. The van der Waals surface area contributed by atoms with Gasteiger partial charge in [0, 0.05) is 32.2 Å². The van der Waals surface area contributed by atoms with Gasteiger partial charge in [-0.25, -0.2) is 0 Å². The minimum Gasteiger partial charge on any atom is -0.294 e. The fourth-order valence-corrected chi connectivity index (χ4v) is 3.01. The van der Waals surface area contributed by atoms with Crippen LogP contribution in [-0.4, -0.2) is 5.78 Å². The second-order valence-corrected chi connectivity index (χ2v) is 5.39. The summed E-state index contributed by atoms with van der Waals surface area (Å²) in [6.45, 7) is 0. The molecule has 0 atom stereocenters. The van der Waals surface area contributed by atoms with Crippen molar-refractivity contribution in [3.8, 4) is 0 Å². The molecule has 0 aliphatic rings. The Hall–Kier alpha value is -0.640. The smallest absolute Gasteiger partial charge is 0.169 e. The van der Waals surface area contributed by atoms with Gasteiger partial charge < -0.3 is 0 Å². The molecule has 0 bridgehead atoms. The average molecular weight is 316 g/mol. The molecular weight excluding hydrogens is 308 g/mol. The average Bonchev–Trinajstić information content (AvgIpc) is 2.68. The van der Waals surface area contributed by atoms with Crippen molar-refractivity contribution in [3.63, 3.8) is 0 Å². The van der Waals surface area contributed by atoms with Crippen LogP contribution in [0.3, 0.4) is 0 Å². The van der Waals surface area contributed by atoms with Crippen LogP contribution in [-0.2, 0) is 6.42 Å². The third kappa shape index (κ3) is 2.73. The predicted octanol–water partition coefficient (Wildman–Crippen LogP) is 4.59. The predicted molar refractivity (Wildman–Crippen MR) is 71.5 cm³/mol. The third-order valence-corrected chi connectivity index (χ3v) is 4.15. The molecule has 1 heterocycles. The molecule has 16 heavy (non-hydrogen) atoms. The van der Waals surface area contributed by atoms with Gasteiger partial charge in [-0.15, -0.1) is 0 Å². The molecule has 0 aliphatic heterocycles. The number of ketones is 1. The molecule has 0 aliphatic carbocycles. The van der Waals surface area contributed by atoms with Gasteiger partial charge in [0.05, 0.1) is 0 Å². The fourth-order valence-electron chi connectivity index (χ4n) is 1.36. The molecule has 0 saturated heterocycles. The monoisotopic (exact) mass is 314 g/mol. The molecular formula is C12H8BrClOS. The molecule has 4 heteroatoms. The Balaban J connectivity index is 2.14. The number of carbonyl (C=O) groups excluding carboxylic acids is 1. The number of thiophene rings is 1. The highest BCUT2D eigenvalue weighted by atomic mass is 79.9. The maximum Gasteiger partial charge on any atom is 0.169 e. The van der Waals surface area contributed by atoms with Crippen LogP contribution in [0, 0.1) is 0 Å². The van der Waals surface area contributed by atoms with Crippen molar-refractivity contribution < 1.29 is 4.79 Å². The quantitative estimate of drug-likeness (QED) is 0.757. The topological polar surface area (TPSA) is 17.1 Å². The summed E-state index contributed by atoms with van der Waals surface area (Å²) in [6, 6.07) is 7.35. The Bertz CT molecular complexity index is 504. The summed E-state index contributed by atoms with van der Waals surface area (Å²) in [7, 11) is 0. The molecule has 0 spiro atoms. The SMILES string of the molecule is O=C(Cc1ccc(Cl)cc1)c1cscc1Br. The summed E-state index contributed by atoms with van der Waals surface area (Å²) in [5.74, 6) is 0.121. The molecule has 0 unspecified atom stereocenters. The summed E-state index contributed by atoms with van der Waals surface area (Å²) in [5, 5.41) is 4.46. The van der Waals surface area contributed by atoms with Gasteiger partial charge in [0.1, 0.15) is 0 Å². The van der Waals surface area contributed by atoms with E-state index < -0.39 is 0 Å². The van der Waals surface area contributed by atoms with Crippen molar-refractivity contribution in [2.45, 2.75) is 6.42 Å². The molecule has 0 radical (unpaired) electrons. The number of hydrogen-bond donors (Lipinski definition) is 0. The largest absolute Gasteiger partial charge is 0.294 e. The van der Waals surface area contributed by atoms with E-state index in [-0.39, 0.29) is 5.78 Å². The van der Waals surface area contributed by atoms with Crippen LogP contribution in [0.25, 0.3) is 0 Å². The van der Waals surface area contributed by atoms with Crippen molar-refractivity contribution in [3.05, 3.63) is 55.6 Å². The first kappa shape index (κ1) is 11.8. The Labute approximate surface area is 111 Å². The molecule has 1 aromatic heterocycles. The molecule has 2 rings (SSSR count). The summed E-state index contributed by atoms with van der Waals surface area (Å²) in [4.78, 5) is 11.9. The standard InChI is InChI=1S/C12H8BrClOS/c13-11-7-16-6-10(11)12(15)5-8-1-3-9(14)4-2-8/h1-4,6-7H,5H2. The number of benzene rings is 1. The normalized spacial score (nSPS) is 10.4. The minimum atomic E-state index is 0.121. The van der Waals surface area contributed by atoms with Gasteiger partial charge in [-0.3, -0.25) is 4.79 Å². The number of rotatable bonds is 3. The Kier molecular flexibility index (Phi) is 3.79. The van der Waals surface area contributed by atoms with E-state index in [0.717, 1.165) is 15.6 Å². The molecule has 0 saturated carbocycles. The van der Waals surface area contributed by atoms with E-state index in [2.05, 4.69) is 15.9 Å². The van der Waals surface area contributed by atoms with Gasteiger partial charge in [-0.2, -0.15) is 11.3 Å². The molecule has 1 nitrogen and oxygen atoms in total. The molecule has 82 valence electrons. The van der Waals surface area contributed by atoms with Crippen LogP contribution >= 0.6 is 38.9 Å². The van der Waals surface area contributed by atoms with Crippen LogP contribution in [0.15, 0.2) is 39.5 Å². The van der Waals surface area contributed by atoms with E-state index in [1.807, 2.05) is 22.9 Å². The molecule has 1 aromatic carbocycles. The number of Topliss-reactive ketones (excluding diaryl/α,β-unsaturated/α-hetero) is 1. The van der Waals surface area contributed by atoms with E-state index in [4.69, 9.17) is 11.6 Å². The highest BCUT2D eigenvalue weighted by Crippen LogP contribution is 2.23. The molecule has 2 aromatic rings. The first-order valence-corrected chi connectivity index (χ1v) is 6.77. The van der Waals surface area contributed by atoms with Crippen molar-refractivity contribution in [2.75, 3.05) is 0 Å². The minimum absolute atomic E-state index is 0.121. The highest BCUT2D eigenvalue weighted by Gasteiger charge is 2.11. The lowest BCUT2D eigenvalue weighted by molar-refractivity contribution is 0.0992. The van der Waals surface area contributed by atoms with Gasteiger partial charge in [-0.1, -0.05) is 23.7 Å². The first-order chi connectivity index (χ1) is 7.66. The van der Waals surface area contributed by atoms with E-state index in [1.54, 1.807) is 12.1 Å². The van der Waals surface area contributed by atoms with Gasteiger partial charge in [0.15, 0.2) is 5.78 Å². The first-order valence-electron chi connectivity index (χ1n) is 4.66. The summed E-state index contributed by atoms with van der Waals surface area (Å²) in [6.07, 6.45) is 0.409. The maximum absolute atomic E-state index is 11.9. The zero-order chi connectivity index (χ0) is 11.5. The van der Waals surface area contributed by atoms with Gasteiger partial charge in [-0.05, 0) is 33.6 Å². The lowest BCUT2D eigenvalue weighted by atomic mass is 10.1. The summed E-state index contributed by atoms with van der Waals surface area (Å²) >= 11 is 10.7. The van der Waals surface area contributed by atoms with E-state index in [1.165, 1.54) is 11.3 Å². The second kappa shape index (κ2) is 5.13. The van der Waals surface area contributed by atoms with E-state index in [0.29, 0.717) is 11.4 Å². The zero-order valence-electron chi connectivity index (χ0n) is 8.24. The highest BCUT2D eigenvalue weighted by molar-refractivity contribution is 9.10. The summed E-state index contributed by atoms with van der Waals surface area (Å²) in [5.41, 5.74) is 1.73. The van der Waals surface area contributed by atoms with E-state index >= 15 is 0 Å². The molecule has 0 amide bonds. The maximum atomic E-state index is 11.9. The van der Waals surface area contributed by atoms with Crippen LogP contribution in [0.2, 0.25) is 5.02 Å². The zero-order valence-corrected chi connectivity index (χ0v) is 11.4. The molecule has 0 N–H and O–H groups in total. The van der Waals surface area contributed by atoms with Gasteiger partial charge >= 0.3 is 0 Å². The lowest BCUT2D eigenvalue weighted by Gasteiger charge is -2.00. The number of carbonyl (C=O) groups is 1. The summed E-state index contributed by atoms with van der Waals surface area (Å²) < 4.78 is 0.872. The Morgan fingerprint density at radius 1 is 1.25 bits per heavy atom. The van der Waals surface area contributed by atoms with Crippen LogP contribution < -0.4 is 0 Å². The number of hydrogen-bond acceptors (Lipinski definition) is 2. The van der Waals surface area contributed by atoms with Crippen LogP contribution in [0.5, 0.6) is 0 Å². The van der Waals surface area contributed by atoms with Crippen molar-refractivity contribution in [2.24, 2.45) is 0 Å². The van der Waals surface area contributed by atoms with Crippen molar-refractivity contribution in [1.29, 1.82) is 0 Å². The second-order valence-electron chi connectivity index (χ2n) is 3.36. The van der Waals surface area contributed by atoms with Crippen molar-refractivity contribution >= 4 is 44.7 Å². The molecule has 0 fully saturated rings. The fraction of sp³-hybridized carbons (Fsp3) is 0.0833. The Morgan fingerprint density at radius 2 is 1.94 bits per heavy atom. The van der Waals surface area contributed by atoms with Crippen LogP contribution in [0.4, 0.5) is 0 Å². The van der Waals surface area contributed by atoms with Crippen molar-refractivity contribution in [1.82, 2.24) is 0 Å².